The second-order valence-electron chi connectivity index (χ2n) is 3.85. The minimum absolute atomic E-state index is 0.563. The quantitative estimate of drug-likeness (QED) is 0.647. The van der Waals surface area contributed by atoms with E-state index < -0.39 is 0 Å². The Bertz CT molecular complexity index is 457. The summed E-state index contributed by atoms with van der Waals surface area (Å²) in [6.07, 6.45) is 0. The van der Waals surface area contributed by atoms with Gasteiger partial charge in [-0.3, -0.25) is 0 Å². The third kappa shape index (κ3) is 2.88. The van der Waals surface area contributed by atoms with Crippen LogP contribution in [0.2, 0.25) is 0 Å². The minimum Gasteiger partial charge on any atom is -0.493 e. The van der Waals surface area contributed by atoms with Gasteiger partial charge in [0.15, 0.2) is 11.5 Å². The van der Waals surface area contributed by atoms with Crippen LogP contribution in [0.3, 0.4) is 0 Å². The van der Waals surface area contributed by atoms with E-state index in [0.29, 0.717) is 31.3 Å². The van der Waals surface area contributed by atoms with E-state index in [0.717, 1.165) is 17.9 Å². The molecule has 1 N–H and O–H groups in total. The summed E-state index contributed by atoms with van der Waals surface area (Å²) in [7, 11) is 1.63. The van der Waals surface area contributed by atoms with Crippen LogP contribution >= 0.6 is 0 Å². The van der Waals surface area contributed by atoms with Crippen LogP contribution in [0, 0.1) is 11.8 Å². The second kappa shape index (κ2) is 6.18. The van der Waals surface area contributed by atoms with Crippen LogP contribution in [-0.2, 0) is 6.54 Å². The van der Waals surface area contributed by atoms with Crippen LogP contribution in [0.1, 0.15) is 12.5 Å². The molecule has 0 radical (unpaired) electrons. The highest BCUT2D eigenvalue weighted by Gasteiger charge is 2.18. The number of ether oxygens (including phenoxy) is 3. The van der Waals surface area contributed by atoms with Crippen molar-refractivity contribution in [3.8, 4) is 29.1 Å². The highest BCUT2D eigenvalue weighted by molar-refractivity contribution is 5.54. The molecule has 0 spiro atoms. The molecule has 0 aromatic heterocycles. The summed E-state index contributed by atoms with van der Waals surface area (Å²) in [4.78, 5) is 0. The summed E-state index contributed by atoms with van der Waals surface area (Å²) in [6.45, 7) is 4.37. The number of nitrogens with one attached hydrogen (secondary N) is 1. The van der Waals surface area contributed by atoms with E-state index in [1.165, 1.54) is 0 Å². The fourth-order valence-electron chi connectivity index (χ4n) is 1.79. The Balaban J connectivity index is 2.13. The normalized spacial score (nSPS) is 12.6. The Kier molecular flexibility index (Phi) is 4.32. The molecule has 4 heteroatoms. The molecule has 0 fully saturated rings. The molecular weight excluding hydrogens is 230 g/mol. The molecule has 0 atom stereocenters. The standard InChI is InChI=1S/C14H17NO3/c1-3-4-5-15-10-11-8-12(16-2)14-13(9-11)17-6-7-18-14/h8-9,15H,5-7,10H2,1-2H3. The molecule has 18 heavy (non-hydrogen) atoms. The van der Waals surface area contributed by atoms with Gasteiger partial charge < -0.3 is 19.5 Å². The lowest BCUT2D eigenvalue weighted by atomic mass is 10.1. The monoisotopic (exact) mass is 247 g/mol. The van der Waals surface area contributed by atoms with Crippen molar-refractivity contribution >= 4 is 0 Å². The lowest BCUT2D eigenvalue weighted by molar-refractivity contribution is 0.165. The van der Waals surface area contributed by atoms with Gasteiger partial charge in [-0.1, -0.05) is 5.92 Å². The van der Waals surface area contributed by atoms with Crippen LogP contribution in [0.5, 0.6) is 17.2 Å². The molecule has 0 unspecified atom stereocenters. The predicted octanol–water partition coefficient (Wildman–Crippen LogP) is 1.58. The van der Waals surface area contributed by atoms with Gasteiger partial charge in [-0.15, -0.1) is 5.92 Å². The SMILES string of the molecule is CC#CCNCc1cc(OC)c2c(c1)OCCO2. The van der Waals surface area contributed by atoms with Gasteiger partial charge in [0.2, 0.25) is 5.75 Å². The van der Waals surface area contributed by atoms with Crippen LogP contribution in [0.15, 0.2) is 12.1 Å². The van der Waals surface area contributed by atoms with Gasteiger partial charge in [0, 0.05) is 6.54 Å². The maximum Gasteiger partial charge on any atom is 0.203 e. The van der Waals surface area contributed by atoms with Crippen LogP contribution in [0.25, 0.3) is 0 Å². The smallest absolute Gasteiger partial charge is 0.203 e. The van der Waals surface area contributed by atoms with E-state index >= 15 is 0 Å². The first-order valence-electron chi connectivity index (χ1n) is 5.92. The van der Waals surface area contributed by atoms with Gasteiger partial charge in [-0.05, 0) is 24.6 Å². The maximum atomic E-state index is 5.57. The van der Waals surface area contributed by atoms with Crippen LogP contribution in [-0.4, -0.2) is 26.9 Å². The highest BCUT2D eigenvalue weighted by atomic mass is 16.6. The van der Waals surface area contributed by atoms with Crippen molar-refractivity contribution in [2.45, 2.75) is 13.5 Å². The van der Waals surface area contributed by atoms with Gasteiger partial charge >= 0.3 is 0 Å². The number of methoxy groups -OCH3 is 1. The Morgan fingerprint density at radius 1 is 1.33 bits per heavy atom. The largest absolute Gasteiger partial charge is 0.493 e. The van der Waals surface area contributed by atoms with Gasteiger partial charge in [0.1, 0.15) is 13.2 Å². The van der Waals surface area contributed by atoms with E-state index in [9.17, 15) is 0 Å². The van der Waals surface area contributed by atoms with Crippen molar-refractivity contribution in [3.05, 3.63) is 17.7 Å². The fourth-order valence-corrected chi connectivity index (χ4v) is 1.79. The summed E-state index contributed by atoms with van der Waals surface area (Å²) in [6, 6.07) is 3.93. The molecular formula is C14H17NO3. The molecule has 0 saturated heterocycles. The third-order valence-electron chi connectivity index (χ3n) is 2.61. The van der Waals surface area contributed by atoms with Gasteiger partial charge in [-0.2, -0.15) is 0 Å². The maximum absolute atomic E-state index is 5.57. The second-order valence-corrected chi connectivity index (χ2v) is 3.85. The lowest BCUT2D eigenvalue weighted by Crippen LogP contribution is -2.17. The molecule has 1 aliphatic heterocycles. The van der Waals surface area contributed by atoms with Crippen molar-refractivity contribution in [3.63, 3.8) is 0 Å². The Morgan fingerprint density at radius 3 is 2.94 bits per heavy atom. The molecule has 1 aromatic carbocycles. The molecule has 4 nitrogen and oxygen atoms in total. The van der Waals surface area contributed by atoms with E-state index in [4.69, 9.17) is 14.2 Å². The van der Waals surface area contributed by atoms with Gasteiger partial charge in [0.25, 0.3) is 0 Å². The summed E-state index contributed by atoms with van der Waals surface area (Å²) < 4.78 is 16.4. The summed E-state index contributed by atoms with van der Waals surface area (Å²) >= 11 is 0. The molecule has 1 aliphatic rings. The van der Waals surface area contributed by atoms with E-state index in [-0.39, 0.29) is 0 Å². The minimum atomic E-state index is 0.563. The first kappa shape index (κ1) is 12.6. The lowest BCUT2D eigenvalue weighted by Gasteiger charge is -2.21. The zero-order valence-electron chi connectivity index (χ0n) is 10.7. The van der Waals surface area contributed by atoms with E-state index in [2.05, 4.69) is 17.2 Å². The average Bonchev–Trinajstić information content (AvgIpc) is 2.42. The topological polar surface area (TPSA) is 39.7 Å². The number of benzene rings is 1. The van der Waals surface area contributed by atoms with Crippen molar-refractivity contribution in [2.75, 3.05) is 26.9 Å². The molecule has 0 saturated carbocycles. The molecule has 2 rings (SSSR count). The molecule has 0 bridgehead atoms. The molecule has 0 aliphatic carbocycles. The van der Waals surface area contributed by atoms with E-state index in [1.54, 1.807) is 7.11 Å². The van der Waals surface area contributed by atoms with Gasteiger partial charge in [-0.25, -0.2) is 0 Å². The zero-order valence-corrected chi connectivity index (χ0v) is 10.7. The van der Waals surface area contributed by atoms with Crippen LogP contribution < -0.4 is 19.5 Å². The third-order valence-corrected chi connectivity index (χ3v) is 2.61. The van der Waals surface area contributed by atoms with E-state index in [1.807, 2.05) is 19.1 Å². The van der Waals surface area contributed by atoms with Crippen molar-refractivity contribution in [2.24, 2.45) is 0 Å². The molecule has 1 heterocycles. The first-order valence-corrected chi connectivity index (χ1v) is 5.92. The molecule has 96 valence electrons. The molecule has 0 amide bonds. The number of hydrogen-bond acceptors (Lipinski definition) is 4. The number of rotatable bonds is 4. The summed E-state index contributed by atoms with van der Waals surface area (Å²) in [5.74, 6) is 7.96. The van der Waals surface area contributed by atoms with Crippen molar-refractivity contribution in [1.82, 2.24) is 5.32 Å². The molecule has 1 aromatic rings. The van der Waals surface area contributed by atoms with Crippen molar-refractivity contribution in [1.29, 1.82) is 0 Å². The van der Waals surface area contributed by atoms with Crippen molar-refractivity contribution < 1.29 is 14.2 Å². The highest BCUT2D eigenvalue weighted by Crippen LogP contribution is 2.40. The Morgan fingerprint density at radius 2 is 2.17 bits per heavy atom. The average molecular weight is 247 g/mol. The Hall–Kier alpha value is -1.86. The summed E-state index contributed by atoms with van der Waals surface area (Å²) in [5, 5.41) is 3.24. The summed E-state index contributed by atoms with van der Waals surface area (Å²) in [5.41, 5.74) is 1.09. The Labute approximate surface area is 107 Å². The zero-order chi connectivity index (χ0) is 12.8. The fraction of sp³-hybridized carbons (Fsp3) is 0.429. The number of hydrogen-bond donors (Lipinski definition) is 1. The first-order chi connectivity index (χ1) is 8.85. The van der Waals surface area contributed by atoms with Gasteiger partial charge in [0.05, 0.1) is 13.7 Å². The predicted molar refractivity (Wildman–Crippen MR) is 69.1 cm³/mol. The van der Waals surface area contributed by atoms with Crippen LogP contribution in [0.4, 0.5) is 0 Å². The number of fused-ring (bicyclic) bond motifs is 1.